The van der Waals surface area contributed by atoms with Gasteiger partial charge in [-0.1, -0.05) is 36.4 Å². The third-order valence-electron chi connectivity index (χ3n) is 2.61. The maximum atomic E-state index is 11.1. The summed E-state index contributed by atoms with van der Waals surface area (Å²) in [4.78, 5) is 22.3. The van der Waals surface area contributed by atoms with Gasteiger partial charge in [0.25, 0.3) is 0 Å². The fraction of sp³-hybridized carbons (Fsp3) is 0. The SMILES string of the molecule is O=C(O)c1ccccc1-c1ccccc1C(=O)O.[H-].[Na+]. The second-order valence-electron chi connectivity index (χ2n) is 3.70. The normalized spacial score (nSPS) is 9.47. The van der Waals surface area contributed by atoms with E-state index >= 15 is 0 Å². The van der Waals surface area contributed by atoms with E-state index in [4.69, 9.17) is 10.2 Å². The molecule has 0 bridgehead atoms. The maximum absolute atomic E-state index is 11.1. The van der Waals surface area contributed by atoms with Gasteiger partial charge in [-0.3, -0.25) is 0 Å². The Hall–Kier alpha value is -1.62. The number of hydrogen-bond donors (Lipinski definition) is 2. The number of carboxylic acid groups (broad SMARTS) is 2. The van der Waals surface area contributed by atoms with E-state index in [1.807, 2.05) is 0 Å². The van der Waals surface area contributed by atoms with Gasteiger partial charge in [0.1, 0.15) is 0 Å². The summed E-state index contributed by atoms with van der Waals surface area (Å²) in [6.45, 7) is 0. The van der Waals surface area contributed by atoms with Gasteiger partial charge in [0.15, 0.2) is 0 Å². The minimum Gasteiger partial charge on any atom is -1.00 e. The first kappa shape index (κ1) is 15.4. The predicted octanol–water partition coefficient (Wildman–Crippen LogP) is -0.134. The van der Waals surface area contributed by atoms with Crippen LogP contribution in [0.1, 0.15) is 22.1 Å². The van der Waals surface area contributed by atoms with Crippen LogP contribution in [0.25, 0.3) is 11.1 Å². The van der Waals surface area contributed by atoms with Crippen LogP contribution in [-0.4, -0.2) is 22.2 Å². The Morgan fingerprint density at radius 1 is 0.737 bits per heavy atom. The van der Waals surface area contributed by atoms with Crippen LogP contribution in [0.15, 0.2) is 48.5 Å². The van der Waals surface area contributed by atoms with Crippen LogP contribution in [0.4, 0.5) is 0 Å². The minimum absolute atomic E-state index is 0. The second kappa shape index (κ2) is 6.52. The van der Waals surface area contributed by atoms with E-state index < -0.39 is 11.9 Å². The molecule has 0 spiro atoms. The molecule has 0 aliphatic carbocycles. The zero-order chi connectivity index (χ0) is 13.1. The summed E-state index contributed by atoms with van der Waals surface area (Å²) in [5.41, 5.74) is 0.989. The quantitative estimate of drug-likeness (QED) is 0.759. The first-order valence-corrected chi connectivity index (χ1v) is 5.26. The molecule has 2 aromatic carbocycles. The smallest absolute Gasteiger partial charge is 1.00 e. The van der Waals surface area contributed by atoms with E-state index in [0.717, 1.165) is 0 Å². The van der Waals surface area contributed by atoms with Crippen LogP contribution in [0, 0.1) is 0 Å². The summed E-state index contributed by atoms with van der Waals surface area (Å²) in [5, 5.41) is 18.2. The van der Waals surface area contributed by atoms with Crippen molar-refractivity contribution in [3.05, 3.63) is 59.7 Å². The molecular formula is C14H11NaO4. The fourth-order valence-electron chi connectivity index (χ4n) is 1.81. The van der Waals surface area contributed by atoms with Crippen LogP contribution >= 0.6 is 0 Å². The van der Waals surface area contributed by atoms with Crippen molar-refractivity contribution in [3.8, 4) is 11.1 Å². The zero-order valence-corrected chi connectivity index (χ0v) is 12.3. The van der Waals surface area contributed by atoms with Crippen LogP contribution < -0.4 is 29.6 Å². The maximum Gasteiger partial charge on any atom is 1.00 e. The molecule has 0 heterocycles. The van der Waals surface area contributed by atoms with Gasteiger partial charge in [0, 0.05) is 0 Å². The van der Waals surface area contributed by atoms with Gasteiger partial charge in [-0.25, -0.2) is 9.59 Å². The Balaban J connectivity index is 0.00000180. The third kappa shape index (κ3) is 3.23. The summed E-state index contributed by atoms with van der Waals surface area (Å²) in [6.07, 6.45) is 0. The molecule has 2 N–H and O–H groups in total. The number of aromatic carboxylic acids is 2. The molecule has 4 nitrogen and oxygen atoms in total. The van der Waals surface area contributed by atoms with Crippen LogP contribution in [0.2, 0.25) is 0 Å². The first-order chi connectivity index (χ1) is 8.61. The molecule has 0 radical (unpaired) electrons. The van der Waals surface area contributed by atoms with Gasteiger partial charge in [0.05, 0.1) is 11.1 Å². The molecule has 0 aromatic heterocycles. The average molecular weight is 266 g/mol. The van der Waals surface area contributed by atoms with Crippen LogP contribution in [-0.2, 0) is 0 Å². The van der Waals surface area contributed by atoms with Gasteiger partial charge < -0.3 is 11.6 Å². The monoisotopic (exact) mass is 266 g/mol. The minimum atomic E-state index is -1.08. The summed E-state index contributed by atoms with van der Waals surface area (Å²) in [7, 11) is 0. The van der Waals surface area contributed by atoms with E-state index in [0.29, 0.717) is 11.1 Å². The van der Waals surface area contributed by atoms with Gasteiger partial charge in [-0.15, -0.1) is 0 Å². The Morgan fingerprint density at radius 2 is 1.05 bits per heavy atom. The number of hydrogen-bond acceptors (Lipinski definition) is 2. The number of carbonyl (C=O) groups is 2. The van der Waals surface area contributed by atoms with Crippen molar-refractivity contribution in [1.29, 1.82) is 0 Å². The molecule has 0 aliphatic heterocycles. The first-order valence-electron chi connectivity index (χ1n) is 5.26. The van der Waals surface area contributed by atoms with Gasteiger partial charge in [-0.2, -0.15) is 0 Å². The van der Waals surface area contributed by atoms with E-state index in [-0.39, 0.29) is 42.1 Å². The van der Waals surface area contributed by atoms with Crippen molar-refractivity contribution in [1.82, 2.24) is 0 Å². The predicted molar refractivity (Wildman–Crippen MR) is 66.9 cm³/mol. The molecule has 5 heteroatoms. The Kier molecular flexibility index (Phi) is 5.30. The number of rotatable bonds is 3. The van der Waals surface area contributed by atoms with E-state index in [1.54, 1.807) is 36.4 Å². The molecule has 0 fully saturated rings. The van der Waals surface area contributed by atoms with Gasteiger partial charge >= 0.3 is 41.5 Å². The summed E-state index contributed by atoms with van der Waals surface area (Å²) in [5.74, 6) is -2.16. The van der Waals surface area contributed by atoms with Crippen molar-refractivity contribution in [2.24, 2.45) is 0 Å². The molecule has 92 valence electrons. The van der Waals surface area contributed by atoms with Crippen molar-refractivity contribution in [3.63, 3.8) is 0 Å². The summed E-state index contributed by atoms with van der Waals surface area (Å²) >= 11 is 0. The topological polar surface area (TPSA) is 74.6 Å². The van der Waals surface area contributed by atoms with Crippen molar-refractivity contribution in [2.75, 3.05) is 0 Å². The third-order valence-corrected chi connectivity index (χ3v) is 2.61. The van der Waals surface area contributed by atoms with E-state index in [2.05, 4.69) is 0 Å². The number of carboxylic acids is 2. The van der Waals surface area contributed by atoms with E-state index in [9.17, 15) is 9.59 Å². The standard InChI is InChI=1S/C14H10O4.Na.H/c15-13(16)11-7-3-1-5-9(11)10-6-2-4-8-12(10)14(17)18;;/h1-8H,(H,15,16)(H,17,18);;/q;+1;-1. The summed E-state index contributed by atoms with van der Waals surface area (Å²) < 4.78 is 0. The second-order valence-corrected chi connectivity index (χ2v) is 3.70. The van der Waals surface area contributed by atoms with Crippen LogP contribution in [0.5, 0.6) is 0 Å². The molecule has 2 rings (SSSR count). The molecule has 0 amide bonds. The van der Waals surface area contributed by atoms with Crippen molar-refractivity contribution >= 4 is 11.9 Å². The molecule has 0 aliphatic rings. The Bertz CT molecular complexity index is 573. The van der Waals surface area contributed by atoms with Gasteiger partial charge in [-0.05, 0) is 23.3 Å². The number of benzene rings is 2. The largest absolute Gasteiger partial charge is 1.00 e. The molecule has 2 aromatic rings. The van der Waals surface area contributed by atoms with E-state index in [1.165, 1.54) is 12.1 Å². The fourth-order valence-corrected chi connectivity index (χ4v) is 1.81. The summed E-state index contributed by atoms with van der Waals surface area (Å²) in [6, 6.07) is 12.7. The Labute approximate surface area is 133 Å². The molecule has 0 unspecified atom stereocenters. The molecule has 19 heavy (non-hydrogen) atoms. The molecular weight excluding hydrogens is 255 g/mol. The van der Waals surface area contributed by atoms with Crippen molar-refractivity contribution < 1.29 is 50.8 Å². The van der Waals surface area contributed by atoms with Gasteiger partial charge in [0.2, 0.25) is 0 Å². The zero-order valence-electron chi connectivity index (χ0n) is 11.3. The average Bonchev–Trinajstić information content (AvgIpc) is 2.38. The molecule has 0 atom stereocenters. The molecule has 0 saturated heterocycles. The Morgan fingerprint density at radius 3 is 1.37 bits per heavy atom. The van der Waals surface area contributed by atoms with Crippen LogP contribution in [0.3, 0.4) is 0 Å². The van der Waals surface area contributed by atoms with Crippen molar-refractivity contribution in [2.45, 2.75) is 0 Å². The molecule has 0 saturated carbocycles.